The topological polar surface area (TPSA) is 100 Å². The number of aliphatic hydroxyl groups is 1. The third kappa shape index (κ3) is 6.57. The van der Waals surface area contributed by atoms with Crippen LogP contribution in [0.15, 0.2) is 12.2 Å². The van der Waals surface area contributed by atoms with Crippen molar-refractivity contribution >= 4 is 11.8 Å². The Bertz CT molecular complexity index is 531. The van der Waals surface area contributed by atoms with E-state index in [2.05, 4.69) is 15.5 Å². The quantitative estimate of drug-likeness (QED) is 0.365. The molecule has 27 heavy (non-hydrogen) atoms. The summed E-state index contributed by atoms with van der Waals surface area (Å²) < 4.78 is 11.1. The van der Waals surface area contributed by atoms with Crippen LogP contribution in [0, 0.1) is 5.92 Å². The zero-order chi connectivity index (χ0) is 19.1. The molecule has 152 valence electrons. The minimum absolute atomic E-state index is 0.0168. The van der Waals surface area contributed by atoms with Crippen LogP contribution in [0.3, 0.4) is 0 Å². The Morgan fingerprint density at radius 3 is 2.67 bits per heavy atom. The maximum Gasteiger partial charge on any atom is 0.223 e. The summed E-state index contributed by atoms with van der Waals surface area (Å²) in [6, 6.07) is -0.337. The molecule has 0 aromatic carbocycles. The number of nitrogens with zero attached hydrogens (tertiary/aromatic N) is 1. The number of carbonyl (C=O) groups excluding carboxylic acids is 2. The minimum atomic E-state index is -0.517. The fraction of sp³-hybridized carbons (Fsp3) is 0.789. The molecule has 8 heteroatoms. The highest BCUT2D eigenvalue weighted by atomic mass is 16.5. The first-order chi connectivity index (χ1) is 13.2. The summed E-state index contributed by atoms with van der Waals surface area (Å²) in [5.41, 5.74) is 0. The fourth-order valence-corrected chi connectivity index (χ4v) is 3.37. The molecular weight excluding hydrogens is 350 g/mol. The van der Waals surface area contributed by atoms with Gasteiger partial charge >= 0.3 is 0 Å². The molecule has 0 aromatic rings. The number of carbonyl (C=O) groups is 2. The van der Waals surface area contributed by atoms with E-state index in [9.17, 15) is 14.7 Å². The number of hydrogen-bond donors (Lipinski definition) is 3. The lowest BCUT2D eigenvalue weighted by atomic mass is 10.0. The summed E-state index contributed by atoms with van der Waals surface area (Å²) in [5, 5.41) is 15.4. The minimum Gasteiger partial charge on any atom is -0.394 e. The SMILES string of the molecule is O=C(C[C@@H]1C=C[C@@H](NC(=O)C2CC2)[C@H](CO)O1)NCCCN1CCOCC1. The maximum atomic E-state index is 12.1. The van der Waals surface area contributed by atoms with Gasteiger partial charge in [0.25, 0.3) is 0 Å². The zero-order valence-corrected chi connectivity index (χ0v) is 15.8. The van der Waals surface area contributed by atoms with Crippen molar-refractivity contribution in [3.8, 4) is 0 Å². The number of hydrogen-bond acceptors (Lipinski definition) is 6. The predicted octanol–water partition coefficient (Wildman–Crippen LogP) is -0.574. The Balaban J connectivity index is 1.34. The first-order valence-corrected chi connectivity index (χ1v) is 9.97. The van der Waals surface area contributed by atoms with E-state index in [4.69, 9.17) is 9.47 Å². The van der Waals surface area contributed by atoms with Crippen LogP contribution in [0.1, 0.15) is 25.7 Å². The molecule has 1 saturated carbocycles. The van der Waals surface area contributed by atoms with Crippen molar-refractivity contribution in [2.45, 2.75) is 43.9 Å². The number of ether oxygens (including phenoxy) is 2. The van der Waals surface area contributed by atoms with Gasteiger partial charge in [0.1, 0.15) is 6.10 Å². The lowest BCUT2D eigenvalue weighted by Crippen LogP contribution is -2.49. The third-order valence-electron chi connectivity index (χ3n) is 5.18. The van der Waals surface area contributed by atoms with Crippen LogP contribution >= 0.6 is 0 Å². The molecule has 3 N–H and O–H groups in total. The van der Waals surface area contributed by atoms with Crippen molar-refractivity contribution in [3.63, 3.8) is 0 Å². The lowest BCUT2D eigenvalue weighted by molar-refractivity contribution is -0.128. The van der Waals surface area contributed by atoms with E-state index >= 15 is 0 Å². The Morgan fingerprint density at radius 2 is 1.96 bits per heavy atom. The molecule has 2 fully saturated rings. The molecule has 3 aliphatic rings. The van der Waals surface area contributed by atoms with Gasteiger partial charge in [0.05, 0.1) is 38.4 Å². The average molecular weight is 381 g/mol. The predicted molar refractivity (Wildman–Crippen MR) is 99.0 cm³/mol. The molecule has 2 amide bonds. The molecule has 0 radical (unpaired) electrons. The number of aliphatic hydroxyl groups excluding tert-OH is 1. The van der Waals surface area contributed by atoms with E-state index < -0.39 is 6.10 Å². The molecule has 0 spiro atoms. The van der Waals surface area contributed by atoms with Gasteiger partial charge in [-0.3, -0.25) is 14.5 Å². The standard InChI is InChI=1S/C19H31N3O5/c23-13-17-16(21-19(25)14-2-3-14)5-4-15(27-17)12-18(24)20-6-1-7-22-8-10-26-11-9-22/h4-5,14-17,23H,1-3,6-13H2,(H,20,24)(H,21,25)/t15-,16+,17-/m0/s1. The van der Waals surface area contributed by atoms with Crippen molar-refractivity contribution < 1.29 is 24.2 Å². The molecule has 3 atom stereocenters. The van der Waals surface area contributed by atoms with Gasteiger partial charge in [-0.05, 0) is 25.8 Å². The number of nitrogens with one attached hydrogen (secondary N) is 2. The molecule has 2 aliphatic heterocycles. The Morgan fingerprint density at radius 1 is 1.19 bits per heavy atom. The second kappa shape index (κ2) is 10.2. The van der Waals surface area contributed by atoms with Gasteiger partial charge in [-0.15, -0.1) is 0 Å². The van der Waals surface area contributed by atoms with Crippen LogP contribution < -0.4 is 10.6 Å². The second-order valence-corrected chi connectivity index (χ2v) is 7.45. The third-order valence-corrected chi connectivity index (χ3v) is 5.18. The zero-order valence-electron chi connectivity index (χ0n) is 15.8. The summed E-state index contributed by atoms with van der Waals surface area (Å²) in [6.07, 6.45) is 5.73. The van der Waals surface area contributed by atoms with Crippen molar-refractivity contribution in [1.29, 1.82) is 0 Å². The molecule has 1 aliphatic carbocycles. The molecule has 8 nitrogen and oxygen atoms in total. The van der Waals surface area contributed by atoms with E-state index in [1.807, 2.05) is 6.08 Å². The highest BCUT2D eigenvalue weighted by Crippen LogP contribution is 2.29. The van der Waals surface area contributed by atoms with Gasteiger partial charge in [0.2, 0.25) is 11.8 Å². The Hall–Kier alpha value is -1.48. The van der Waals surface area contributed by atoms with Gasteiger partial charge < -0.3 is 25.2 Å². The largest absolute Gasteiger partial charge is 0.394 e. The van der Waals surface area contributed by atoms with Gasteiger partial charge in [-0.25, -0.2) is 0 Å². The van der Waals surface area contributed by atoms with Crippen LogP contribution in [0.2, 0.25) is 0 Å². The van der Waals surface area contributed by atoms with E-state index in [1.165, 1.54) is 0 Å². The molecule has 0 aromatic heterocycles. The number of amides is 2. The molecule has 2 heterocycles. The van der Waals surface area contributed by atoms with Crippen molar-refractivity contribution in [3.05, 3.63) is 12.2 Å². The smallest absolute Gasteiger partial charge is 0.223 e. The van der Waals surface area contributed by atoms with E-state index in [0.29, 0.717) is 6.54 Å². The second-order valence-electron chi connectivity index (χ2n) is 7.45. The van der Waals surface area contributed by atoms with Gasteiger partial charge in [-0.1, -0.05) is 12.2 Å². The number of morpholine rings is 1. The van der Waals surface area contributed by atoms with Gasteiger partial charge in [0.15, 0.2) is 0 Å². The van der Waals surface area contributed by atoms with E-state index in [0.717, 1.165) is 52.1 Å². The van der Waals surface area contributed by atoms with Crippen LogP contribution in [-0.2, 0) is 19.1 Å². The van der Waals surface area contributed by atoms with Crippen LogP contribution in [0.5, 0.6) is 0 Å². The monoisotopic (exact) mass is 381 g/mol. The van der Waals surface area contributed by atoms with Gasteiger partial charge in [-0.2, -0.15) is 0 Å². The highest BCUT2D eigenvalue weighted by Gasteiger charge is 2.34. The summed E-state index contributed by atoms with van der Waals surface area (Å²) in [7, 11) is 0. The molecule has 1 saturated heterocycles. The van der Waals surface area contributed by atoms with Crippen molar-refractivity contribution in [2.75, 3.05) is 46.0 Å². The molecule has 0 unspecified atom stereocenters. The van der Waals surface area contributed by atoms with Crippen LogP contribution in [0.25, 0.3) is 0 Å². The van der Waals surface area contributed by atoms with E-state index in [-0.39, 0.29) is 42.9 Å². The van der Waals surface area contributed by atoms with E-state index in [1.54, 1.807) is 6.08 Å². The first kappa shape index (κ1) is 20.3. The first-order valence-electron chi connectivity index (χ1n) is 9.97. The van der Waals surface area contributed by atoms with Crippen LogP contribution in [0.4, 0.5) is 0 Å². The summed E-state index contributed by atoms with van der Waals surface area (Å²) in [4.78, 5) is 26.4. The summed E-state index contributed by atoms with van der Waals surface area (Å²) >= 11 is 0. The Kier molecular flexibility index (Phi) is 7.63. The number of rotatable bonds is 9. The van der Waals surface area contributed by atoms with Crippen molar-refractivity contribution in [1.82, 2.24) is 15.5 Å². The molecule has 0 bridgehead atoms. The van der Waals surface area contributed by atoms with Crippen molar-refractivity contribution in [2.24, 2.45) is 5.92 Å². The summed E-state index contributed by atoms with van der Waals surface area (Å²) in [5.74, 6) is 0.0608. The molecular formula is C19H31N3O5. The average Bonchev–Trinajstić information content (AvgIpc) is 3.52. The lowest BCUT2D eigenvalue weighted by Gasteiger charge is -2.31. The molecule has 3 rings (SSSR count). The fourth-order valence-electron chi connectivity index (χ4n) is 3.37. The Labute approximate surface area is 160 Å². The van der Waals surface area contributed by atoms with Gasteiger partial charge in [0, 0.05) is 25.6 Å². The normalized spacial score (nSPS) is 28.7. The van der Waals surface area contributed by atoms with Crippen LogP contribution in [-0.4, -0.2) is 86.1 Å². The highest BCUT2D eigenvalue weighted by molar-refractivity contribution is 5.81. The maximum absolute atomic E-state index is 12.1. The summed E-state index contributed by atoms with van der Waals surface area (Å²) in [6.45, 7) is 4.87.